The lowest BCUT2D eigenvalue weighted by Gasteiger charge is -2.35. The fraction of sp³-hybridized carbons (Fsp3) is 0.769. The molecule has 1 aromatic rings. The maximum Gasteiger partial charge on any atom is 0.221 e. The molecule has 2 rings (SSSR count). The number of carbonyl (C=O) groups is 1. The number of aryl methyl sites for hydroxylation is 1. The number of rotatable bonds is 6. The van der Waals surface area contributed by atoms with E-state index in [-0.39, 0.29) is 5.91 Å². The molecule has 1 aliphatic heterocycles. The summed E-state index contributed by atoms with van der Waals surface area (Å²) in [6.07, 6.45) is 5.88. The van der Waals surface area contributed by atoms with E-state index in [2.05, 4.69) is 20.5 Å². The van der Waals surface area contributed by atoms with E-state index in [1.54, 1.807) is 4.68 Å². The molecule has 1 unspecified atom stereocenters. The molecule has 1 atom stereocenters. The van der Waals surface area contributed by atoms with Crippen LogP contribution in [0.25, 0.3) is 0 Å². The number of aromatic nitrogens is 3. The van der Waals surface area contributed by atoms with Gasteiger partial charge < -0.3 is 11.1 Å². The summed E-state index contributed by atoms with van der Waals surface area (Å²) in [6.45, 7) is 2.94. The Kier molecular flexibility index (Phi) is 5.49. The lowest BCUT2D eigenvalue weighted by molar-refractivity contribution is -0.121. The minimum absolute atomic E-state index is 0.0394. The van der Waals surface area contributed by atoms with Crippen molar-refractivity contribution in [3.05, 3.63) is 11.9 Å². The standard InChI is InChI=1S/C13H24N6O/c1-18-9-11(16-17-18)10-19-7-3-2-4-12(19)8-15-13(20)5-6-14/h9,12H,2-8,10,14H2,1H3,(H,15,20). The summed E-state index contributed by atoms with van der Waals surface area (Å²) in [5, 5.41) is 11.1. The summed E-state index contributed by atoms with van der Waals surface area (Å²) in [6, 6.07) is 0.382. The van der Waals surface area contributed by atoms with Gasteiger partial charge in [-0.15, -0.1) is 5.10 Å². The van der Waals surface area contributed by atoms with E-state index >= 15 is 0 Å². The summed E-state index contributed by atoms with van der Waals surface area (Å²) < 4.78 is 1.72. The van der Waals surface area contributed by atoms with Gasteiger partial charge in [-0.2, -0.15) is 0 Å². The molecular formula is C13H24N6O. The Balaban J connectivity index is 1.86. The van der Waals surface area contributed by atoms with Crippen LogP contribution in [0.15, 0.2) is 6.20 Å². The molecule has 7 heteroatoms. The third kappa shape index (κ3) is 4.28. The van der Waals surface area contributed by atoms with Crippen molar-refractivity contribution in [2.75, 3.05) is 19.6 Å². The Morgan fingerprint density at radius 1 is 1.55 bits per heavy atom. The summed E-state index contributed by atoms with van der Waals surface area (Å²) >= 11 is 0. The molecule has 0 saturated carbocycles. The highest BCUT2D eigenvalue weighted by molar-refractivity contribution is 5.76. The molecule has 7 nitrogen and oxygen atoms in total. The molecular weight excluding hydrogens is 256 g/mol. The first kappa shape index (κ1) is 14.9. The molecule has 1 amide bonds. The molecule has 0 aliphatic carbocycles. The van der Waals surface area contributed by atoms with Gasteiger partial charge in [-0.05, 0) is 19.4 Å². The van der Waals surface area contributed by atoms with E-state index in [1.807, 2.05) is 13.2 Å². The van der Waals surface area contributed by atoms with Gasteiger partial charge in [0.1, 0.15) is 0 Å². The van der Waals surface area contributed by atoms with Crippen LogP contribution in [-0.4, -0.2) is 51.5 Å². The highest BCUT2D eigenvalue weighted by atomic mass is 16.1. The number of nitrogens with two attached hydrogens (primary N) is 1. The molecule has 1 aliphatic rings. The average molecular weight is 280 g/mol. The minimum atomic E-state index is 0.0394. The Morgan fingerprint density at radius 3 is 3.10 bits per heavy atom. The third-order valence-corrected chi connectivity index (χ3v) is 3.67. The van der Waals surface area contributed by atoms with Gasteiger partial charge in [0.2, 0.25) is 5.91 Å². The topological polar surface area (TPSA) is 89.1 Å². The molecule has 3 N–H and O–H groups in total. The Labute approximate surface area is 119 Å². The van der Waals surface area contributed by atoms with Crippen molar-refractivity contribution in [1.29, 1.82) is 0 Å². The van der Waals surface area contributed by atoms with E-state index in [0.29, 0.717) is 25.6 Å². The van der Waals surface area contributed by atoms with Crippen molar-refractivity contribution in [2.24, 2.45) is 12.8 Å². The minimum Gasteiger partial charge on any atom is -0.354 e. The number of carbonyl (C=O) groups excluding carboxylic acids is 1. The number of nitrogens with one attached hydrogen (secondary N) is 1. The van der Waals surface area contributed by atoms with Crippen molar-refractivity contribution < 1.29 is 4.79 Å². The van der Waals surface area contributed by atoms with Gasteiger partial charge in [0.05, 0.1) is 5.69 Å². The summed E-state index contributed by atoms with van der Waals surface area (Å²) in [4.78, 5) is 13.9. The Morgan fingerprint density at radius 2 is 2.40 bits per heavy atom. The first-order valence-electron chi connectivity index (χ1n) is 7.25. The highest BCUT2D eigenvalue weighted by Crippen LogP contribution is 2.18. The van der Waals surface area contributed by atoms with Crippen molar-refractivity contribution in [1.82, 2.24) is 25.2 Å². The van der Waals surface area contributed by atoms with Crippen molar-refractivity contribution in [3.63, 3.8) is 0 Å². The lowest BCUT2D eigenvalue weighted by atomic mass is 10.0. The zero-order chi connectivity index (χ0) is 14.4. The van der Waals surface area contributed by atoms with Gasteiger partial charge in [0.15, 0.2) is 0 Å². The van der Waals surface area contributed by atoms with Crippen LogP contribution >= 0.6 is 0 Å². The van der Waals surface area contributed by atoms with Crippen LogP contribution in [0.3, 0.4) is 0 Å². The van der Waals surface area contributed by atoms with Crippen LogP contribution < -0.4 is 11.1 Å². The molecule has 0 radical (unpaired) electrons. The number of hydrogen-bond donors (Lipinski definition) is 2. The number of amides is 1. The number of hydrogen-bond acceptors (Lipinski definition) is 5. The van der Waals surface area contributed by atoms with Crippen LogP contribution in [0.5, 0.6) is 0 Å². The second kappa shape index (κ2) is 7.35. The fourth-order valence-corrected chi connectivity index (χ4v) is 2.63. The summed E-state index contributed by atoms with van der Waals surface area (Å²) in [5.41, 5.74) is 6.36. The molecule has 1 aromatic heterocycles. The van der Waals surface area contributed by atoms with Crippen molar-refractivity contribution >= 4 is 5.91 Å². The van der Waals surface area contributed by atoms with Crippen LogP contribution in [0.1, 0.15) is 31.4 Å². The summed E-state index contributed by atoms with van der Waals surface area (Å²) in [7, 11) is 1.87. The number of nitrogens with zero attached hydrogens (tertiary/aromatic N) is 4. The lowest BCUT2D eigenvalue weighted by Crippen LogP contribution is -2.46. The molecule has 2 heterocycles. The monoisotopic (exact) mass is 280 g/mol. The van der Waals surface area contributed by atoms with Gasteiger partial charge in [0, 0.05) is 45.3 Å². The van der Waals surface area contributed by atoms with Gasteiger partial charge in [0.25, 0.3) is 0 Å². The SMILES string of the molecule is Cn1cc(CN2CCCCC2CNC(=O)CCN)nn1. The predicted molar refractivity (Wildman–Crippen MR) is 75.7 cm³/mol. The fourth-order valence-electron chi connectivity index (χ4n) is 2.63. The molecule has 0 bridgehead atoms. The van der Waals surface area contributed by atoms with Gasteiger partial charge in [-0.3, -0.25) is 14.4 Å². The van der Waals surface area contributed by atoms with Gasteiger partial charge in [-0.25, -0.2) is 0 Å². The van der Waals surface area contributed by atoms with E-state index in [0.717, 1.165) is 25.2 Å². The zero-order valence-corrected chi connectivity index (χ0v) is 12.1. The average Bonchev–Trinajstić information content (AvgIpc) is 2.83. The first-order chi connectivity index (χ1) is 9.69. The first-order valence-corrected chi connectivity index (χ1v) is 7.25. The van der Waals surface area contributed by atoms with Gasteiger partial charge >= 0.3 is 0 Å². The second-order valence-corrected chi connectivity index (χ2v) is 5.35. The number of piperidine rings is 1. The van der Waals surface area contributed by atoms with Crippen LogP contribution in [0, 0.1) is 0 Å². The predicted octanol–water partition coefficient (Wildman–Crippen LogP) is -0.365. The van der Waals surface area contributed by atoms with Gasteiger partial charge in [-0.1, -0.05) is 11.6 Å². The molecule has 1 fully saturated rings. The second-order valence-electron chi connectivity index (χ2n) is 5.35. The maximum absolute atomic E-state index is 11.5. The quantitative estimate of drug-likeness (QED) is 0.742. The largest absolute Gasteiger partial charge is 0.354 e. The Bertz CT molecular complexity index is 432. The maximum atomic E-state index is 11.5. The highest BCUT2D eigenvalue weighted by Gasteiger charge is 2.23. The molecule has 0 aromatic carbocycles. The van der Waals surface area contributed by atoms with Crippen molar-refractivity contribution in [2.45, 2.75) is 38.3 Å². The third-order valence-electron chi connectivity index (χ3n) is 3.67. The normalized spacial score (nSPS) is 20.0. The zero-order valence-electron chi connectivity index (χ0n) is 12.1. The molecule has 20 heavy (non-hydrogen) atoms. The molecule has 1 saturated heterocycles. The van der Waals surface area contributed by atoms with Crippen LogP contribution in [0.4, 0.5) is 0 Å². The van der Waals surface area contributed by atoms with Crippen LogP contribution in [0.2, 0.25) is 0 Å². The van der Waals surface area contributed by atoms with E-state index in [4.69, 9.17) is 5.73 Å². The Hall–Kier alpha value is -1.47. The number of likely N-dealkylation sites (tertiary alicyclic amines) is 1. The van der Waals surface area contributed by atoms with E-state index in [1.165, 1.54) is 12.8 Å². The smallest absolute Gasteiger partial charge is 0.221 e. The van der Waals surface area contributed by atoms with E-state index < -0.39 is 0 Å². The van der Waals surface area contributed by atoms with Crippen molar-refractivity contribution in [3.8, 4) is 0 Å². The molecule has 0 spiro atoms. The van der Waals surface area contributed by atoms with Crippen LogP contribution in [-0.2, 0) is 18.4 Å². The summed E-state index contributed by atoms with van der Waals surface area (Å²) in [5.74, 6) is 0.0394. The molecule has 112 valence electrons. The van der Waals surface area contributed by atoms with E-state index in [9.17, 15) is 4.79 Å².